The fourth-order valence-corrected chi connectivity index (χ4v) is 5.29. The van der Waals surface area contributed by atoms with E-state index in [0.717, 1.165) is 25.7 Å². The molecule has 170 valence electrons. The first-order chi connectivity index (χ1) is 15.9. The van der Waals surface area contributed by atoms with E-state index in [9.17, 15) is 19.2 Å². The molecule has 3 amide bonds. The lowest BCUT2D eigenvalue weighted by molar-refractivity contribution is -0.139. The van der Waals surface area contributed by atoms with Crippen molar-refractivity contribution in [3.8, 4) is 5.75 Å². The van der Waals surface area contributed by atoms with Crippen molar-refractivity contribution in [2.24, 2.45) is 17.8 Å². The maximum atomic E-state index is 12.8. The molecule has 0 spiro atoms. The zero-order chi connectivity index (χ0) is 23.1. The molecule has 2 heterocycles. The van der Waals surface area contributed by atoms with Gasteiger partial charge in [-0.25, -0.2) is 0 Å². The lowest BCUT2D eigenvalue weighted by Gasteiger charge is -2.19. The number of ether oxygens (including phenoxy) is 1. The van der Waals surface area contributed by atoms with E-state index in [2.05, 4.69) is 0 Å². The molecule has 1 aliphatic carbocycles. The normalized spacial score (nSPS) is 24.9. The Balaban J connectivity index is 1.25. The Hall–Kier alpha value is -3.19. The van der Waals surface area contributed by atoms with Crippen LogP contribution in [0.2, 0.25) is 5.02 Å². The second kappa shape index (κ2) is 8.63. The van der Waals surface area contributed by atoms with Crippen LogP contribution in [0, 0.1) is 17.8 Å². The first-order valence-electron chi connectivity index (χ1n) is 11.2. The number of hydrogen-bond donors (Lipinski definition) is 0. The van der Waals surface area contributed by atoms with Gasteiger partial charge >= 0.3 is 5.97 Å². The number of imide groups is 1. The van der Waals surface area contributed by atoms with Gasteiger partial charge in [0.15, 0.2) is 0 Å². The van der Waals surface area contributed by atoms with E-state index < -0.39 is 11.9 Å². The summed E-state index contributed by atoms with van der Waals surface area (Å²) in [7, 11) is 0. The van der Waals surface area contributed by atoms with Gasteiger partial charge in [-0.15, -0.1) is 0 Å². The predicted molar refractivity (Wildman–Crippen MR) is 122 cm³/mol. The fourth-order valence-electron chi connectivity index (χ4n) is 5.05. The highest BCUT2D eigenvalue weighted by molar-refractivity contribution is 6.33. The van der Waals surface area contributed by atoms with Crippen molar-refractivity contribution in [3.05, 3.63) is 53.6 Å². The van der Waals surface area contributed by atoms with Crippen molar-refractivity contribution < 1.29 is 23.9 Å². The SMILES string of the molecule is O=C(Oc1ccc(N2C(=O)[C@@H]3CCCC[C@H]3C2=O)cc1)[C@@H]1CC(=O)N(c2ccccc2Cl)C1. The smallest absolute Gasteiger partial charge is 0.316 e. The van der Waals surface area contributed by atoms with Crippen LogP contribution in [-0.4, -0.2) is 30.2 Å². The van der Waals surface area contributed by atoms with E-state index >= 15 is 0 Å². The molecule has 1 saturated carbocycles. The summed E-state index contributed by atoms with van der Waals surface area (Å²) in [5.74, 6) is -1.73. The van der Waals surface area contributed by atoms with Crippen LogP contribution in [0.1, 0.15) is 32.1 Å². The van der Waals surface area contributed by atoms with E-state index in [0.29, 0.717) is 22.1 Å². The summed E-state index contributed by atoms with van der Waals surface area (Å²) >= 11 is 6.19. The average Bonchev–Trinajstić information content (AvgIpc) is 3.33. The van der Waals surface area contributed by atoms with Crippen molar-refractivity contribution in [2.45, 2.75) is 32.1 Å². The number of carbonyl (C=O) groups is 4. The van der Waals surface area contributed by atoms with Crippen LogP contribution >= 0.6 is 11.6 Å². The Kier molecular flexibility index (Phi) is 5.66. The van der Waals surface area contributed by atoms with Crippen LogP contribution in [-0.2, 0) is 19.2 Å². The van der Waals surface area contributed by atoms with Gasteiger partial charge < -0.3 is 9.64 Å². The van der Waals surface area contributed by atoms with Gasteiger partial charge in [-0.05, 0) is 49.2 Å². The highest BCUT2D eigenvalue weighted by atomic mass is 35.5. The van der Waals surface area contributed by atoms with Gasteiger partial charge in [0.1, 0.15) is 5.75 Å². The molecule has 0 aromatic heterocycles. The van der Waals surface area contributed by atoms with Gasteiger partial charge in [0.2, 0.25) is 17.7 Å². The number of esters is 1. The molecule has 2 aromatic carbocycles. The van der Waals surface area contributed by atoms with Crippen LogP contribution in [0.25, 0.3) is 0 Å². The van der Waals surface area contributed by atoms with Crippen molar-refractivity contribution >= 4 is 46.7 Å². The molecule has 3 fully saturated rings. The van der Waals surface area contributed by atoms with Crippen molar-refractivity contribution in [1.29, 1.82) is 0 Å². The zero-order valence-electron chi connectivity index (χ0n) is 17.9. The number of hydrogen-bond acceptors (Lipinski definition) is 5. The minimum absolute atomic E-state index is 0.0434. The summed E-state index contributed by atoms with van der Waals surface area (Å²) < 4.78 is 5.49. The van der Waals surface area contributed by atoms with E-state index in [4.69, 9.17) is 16.3 Å². The summed E-state index contributed by atoms with van der Waals surface area (Å²) in [6, 6.07) is 13.4. The fraction of sp³-hybridized carbons (Fsp3) is 0.360. The molecule has 33 heavy (non-hydrogen) atoms. The van der Waals surface area contributed by atoms with E-state index in [-0.39, 0.29) is 42.5 Å². The average molecular weight is 467 g/mol. The number of anilines is 2. The third kappa shape index (κ3) is 3.91. The number of halogens is 1. The van der Waals surface area contributed by atoms with Crippen LogP contribution in [0.4, 0.5) is 11.4 Å². The highest BCUT2D eigenvalue weighted by Crippen LogP contribution is 2.40. The molecule has 8 heteroatoms. The quantitative estimate of drug-likeness (QED) is 0.386. The molecule has 2 saturated heterocycles. The van der Waals surface area contributed by atoms with Crippen LogP contribution in [0.5, 0.6) is 5.75 Å². The number of benzene rings is 2. The largest absolute Gasteiger partial charge is 0.426 e. The second-order valence-corrected chi connectivity index (χ2v) is 9.19. The molecule has 0 unspecified atom stereocenters. The molecular formula is C25H23ClN2O5. The van der Waals surface area contributed by atoms with E-state index in [1.807, 2.05) is 0 Å². The number of nitrogens with zero attached hydrogens (tertiary/aromatic N) is 2. The van der Waals surface area contributed by atoms with Crippen molar-refractivity contribution in [1.82, 2.24) is 0 Å². The minimum Gasteiger partial charge on any atom is -0.426 e. The topological polar surface area (TPSA) is 84.0 Å². The third-order valence-electron chi connectivity index (χ3n) is 6.76. The van der Waals surface area contributed by atoms with Gasteiger partial charge in [-0.1, -0.05) is 36.6 Å². The molecule has 7 nitrogen and oxygen atoms in total. The molecule has 3 aliphatic rings. The standard InChI is InChI=1S/C25H23ClN2O5/c26-20-7-3-4-8-21(20)27-14-15(13-22(27)29)25(32)33-17-11-9-16(10-12-17)28-23(30)18-5-1-2-6-19(18)24(28)31/h3-4,7-12,15,18-19H,1-2,5-6,13-14H2/t15-,18-,19-/m1/s1. The minimum atomic E-state index is -0.613. The zero-order valence-corrected chi connectivity index (χ0v) is 18.7. The lowest BCUT2D eigenvalue weighted by atomic mass is 9.81. The van der Waals surface area contributed by atoms with Gasteiger partial charge in [0.05, 0.1) is 34.2 Å². The summed E-state index contributed by atoms with van der Waals surface area (Å²) in [5.41, 5.74) is 1.06. The molecule has 2 aliphatic heterocycles. The van der Waals surface area contributed by atoms with Crippen LogP contribution in [0.3, 0.4) is 0 Å². The summed E-state index contributed by atoms with van der Waals surface area (Å²) in [6.45, 7) is 0.193. The Morgan fingerprint density at radius 2 is 1.55 bits per heavy atom. The molecule has 5 rings (SSSR count). The van der Waals surface area contributed by atoms with Gasteiger partial charge in [-0.3, -0.25) is 24.1 Å². The lowest BCUT2D eigenvalue weighted by Crippen LogP contribution is -2.30. The van der Waals surface area contributed by atoms with Crippen LogP contribution < -0.4 is 14.5 Å². The number of rotatable bonds is 4. The third-order valence-corrected chi connectivity index (χ3v) is 7.08. The maximum Gasteiger partial charge on any atom is 0.316 e. The van der Waals surface area contributed by atoms with Crippen LogP contribution in [0.15, 0.2) is 48.5 Å². The Bertz CT molecular complexity index is 1110. The number of fused-ring (bicyclic) bond motifs is 1. The number of amides is 3. The first-order valence-corrected chi connectivity index (χ1v) is 11.6. The molecular weight excluding hydrogens is 444 g/mol. The number of carbonyl (C=O) groups excluding carboxylic acids is 4. The monoisotopic (exact) mass is 466 g/mol. The molecule has 0 N–H and O–H groups in total. The maximum absolute atomic E-state index is 12.8. The Labute approximate surface area is 196 Å². The summed E-state index contributed by atoms with van der Waals surface area (Å²) in [4.78, 5) is 53.4. The highest BCUT2D eigenvalue weighted by Gasteiger charge is 2.48. The number of para-hydroxylation sites is 1. The molecule has 3 atom stereocenters. The predicted octanol–water partition coefficient (Wildman–Crippen LogP) is 3.98. The van der Waals surface area contributed by atoms with E-state index in [1.165, 1.54) is 9.80 Å². The second-order valence-electron chi connectivity index (χ2n) is 8.78. The summed E-state index contributed by atoms with van der Waals surface area (Å²) in [6.07, 6.45) is 3.50. The van der Waals surface area contributed by atoms with Gasteiger partial charge in [0, 0.05) is 13.0 Å². The first kappa shape index (κ1) is 21.6. The Morgan fingerprint density at radius 1 is 0.909 bits per heavy atom. The van der Waals surface area contributed by atoms with Crippen molar-refractivity contribution in [3.63, 3.8) is 0 Å². The molecule has 0 radical (unpaired) electrons. The van der Waals surface area contributed by atoms with E-state index in [1.54, 1.807) is 48.5 Å². The Morgan fingerprint density at radius 3 is 2.18 bits per heavy atom. The van der Waals surface area contributed by atoms with Crippen molar-refractivity contribution in [2.75, 3.05) is 16.3 Å². The molecule has 0 bridgehead atoms. The molecule has 2 aromatic rings. The van der Waals surface area contributed by atoms with Gasteiger partial charge in [-0.2, -0.15) is 0 Å². The van der Waals surface area contributed by atoms with Gasteiger partial charge in [0.25, 0.3) is 0 Å². The summed E-state index contributed by atoms with van der Waals surface area (Å²) in [5, 5.41) is 0.446.